The molecular weight excluding hydrogens is 366 g/mol. The molecule has 0 atom stereocenters. The van der Waals surface area contributed by atoms with Crippen LogP contribution in [-0.2, 0) is 26.0 Å². The molecule has 7 nitrogen and oxygen atoms in total. The number of sulfonamides is 1. The molecule has 3 rings (SSSR count). The molecule has 1 N–H and O–H groups in total. The van der Waals surface area contributed by atoms with E-state index in [-0.39, 0.29) is 10.5 Å². The summed E-state index contributed by atoms with van der Waals surface area (Å²) in [4.78, 5) is 11.5. The SMILES string of the molecule is COC(=O)/C(C#N)=C\Nc1ccc(S(=O)(=O)N2CCc3ccccc32)cc1. The van der Waals surface area contributed by atoms with E-state index in [9.17, 15) is 13.2 Å². The van der Waals surface area contributed by atoms with E-state index in [1.54, 1.807) is 24.3 Å². The number of rotatable bonds is 5. The Hall–Kier alpha value is -3.31. The lowest BCUT2D eigenvalue weighted by Crippen LogP contribution is -2.29. The van der Waals surface area contributed by atoms with Gasteiger partial charge in [0.15, 0.2) is 5.57 Å². The number of methoxy groups -OCH3 is 1. The summed E-state index contributed by atoms with van der Waals surface area (Å²) in [6.07, 6.45) is 1.90. The summed E-state index contributed by atoms with van der Waals surface area (Å²) in [5.74, 6) is -0.753. The molecular formula is C19H17N3O4S. The second-order valence-electron chi connectivity index (χ2n) is 5.79. The molecule has 0 aromatic heterocycles. The maximum atomic E-state index is 12.9. The first-order valence-corrected chi connectivity index (χ1v) is 9.57. The fourth-order valence-electron chi connectivity index (χ4n) is 2.81. The molecule has 0 fully saturated rings. The minimum Gasteiger partial charge on any atom is -0.465 e. The molecule has 2 aromatic rings. The minimum absolute atomic E-state index is 0.169. The van der Waals surface area contributed by atoms with E-state index in [4.69, 9.17) is 5.26 Å². The Balaban J connectivity index is 1.81. The summed E-state index contributed by atoms with van der Waals surface area (Å²) in [6.45, 7) is 0.412. The zero-order valence-corrected chi connectivity index (χ0v) is 15.4. The van der Waals surface area contributed by atoms with Crippen LogP contribution in [0.15, 0.2) is 65.2 Å². The molecule has 0 saturated carbocycles. The van der Waals surface area contributed by atoms with Gasteiger partial charge in [0.05, 0.1) is 17.7 Å². The Kier molecular flexibility index (Phi) is 5.14. The highest BCUT2D eigenvalue weighted by atomic mass is 32.2. The van der Waals surface area contributed by atoms with Crippen LogP contribution in [0.4, 0.5) is 11.4 Å². The maximum absolute atomic E-state index is 12.9. The monoisotopic (exact) mass is 383 g/mol. The highest BCUT2D eigenvalue weighted by molar-refractivity contribution is 7.92. The van der Waals surface area contributed by atoms with E-state index in [0.717, 1.165) is 5.56 Å². The van der Waals surface area contributed by atoms with Crippen LogP contribution in [0.3, 0.4) is 0 Å². The average Bonchev–Trinajstić information content (AvgIpc) is 3.13. The Morgan fingerprint density at radius 2 is 1.93 bits per heavy atom. The van der Waals surface area contributed by atoms with Gasteiger partial charge in [-0.25, -0.2) is 13.2 Å². The van der Waals surface area contributed by atoms with Crippen molar-refractivity contribution in [3.8, 4) is 6.07 Å². The number of fused-ring (bicyclic) bond motifs is 1. The molecule has 1 aliphatic heterocycles. The van der Waals surface area contributed by atoms with Crippen molar-refractivity contribution in [1.82, 2.24) is 0 Å². The van der Waals surface area contributed by atoms with E-state index in [2.05, 4.69) is 10.1 Å². The van der Waals surface area contributed by atoms with Crippen molar-refractivity contribution in [2.75, 3.05) is 23.3 Å². The van der Waals surface area contributed by atoms with Crippen molar-refractivity contribution in [2.24, 2.45) is 0 Å². The Labute approximate surface area is 157 Å². The minimum atomic E-state index is -3.66. The van der Waals surface area contributed by atoms with Crippen molar-refractivity contribution in [2.45, 2.75) is 11.3 Å². The van der Waals surface area contributed by atoms with Gasteiger partial charge < -0.3 is 10.1 Å². The molecule has 0 radical (unpaired) electrons. The zero-order valence-electron chi connectivity index (χ0n) is 14.5. The standard InChI is InChI=1S/C19H17N3O4S/c1-26-19(23)15(12-20)13-21-16-6-8-17(9-7-16)27(24,25)22-11-10-14-4-2-3-5-18(14)22/h2-9,13,21H,10-11H2,1H3/b15-13-. The average molecular weight is 383 g/mol. The quantitative estimate of drug-likeness (QED) is 0.484. The molecule has 0 unspecified atom stereocenters. The number of esters is 1. The number of nitriles is 1. The number of nitrogens with one attached hydrogen (secondary N) is 1. The number of anilines is 2. The molecule has 0 bridgehead atoms. The number of benzene rings is 2. The van der Waals surface area contributed by atoms with Gasteiger partial charge in [-0.05, 0) is 42.3 Å². The summed E-state index contributed by atoms with van der Waals surface area (Å²) >= 11 is 0. The number of hydrogen-bond acceptors (Lipinski definition) is 6. The van der Waals surface area contributed by atoms with Gasteiger partial charge in [0.25, 0.3) is 10.0 Å². The van der Waals surface area contributed by atoms with Gasteiger partial charge in [-0.2, -0.15) is 5.26 Å². The first kappa shape index (κ1) is 18.5. The van der Waals surface area contributed by atoms with Crippen LogP contribution >= 0.6 is 0 Å². The lowest BCUT2D eigenvalue weighted by atomic mass is 10.2. The summed E-state index contributed by atoms with van der Waals surface area (Å²) < 4.78 is 31.8. The predicted octanol–water partition coefficient (Wildman–Crippen LogP) is 2.43. The van der Waals surface area contributed by atoms with Crippen LogP contribution in [-0.4, -0.2) is 28.0 Å². The first-order chi connectivity index (χ1) is 13.0. The summed E-state index contributed by atoms with van der Waals surface area (Å²) in [5.41, 5.74) is 2.06. The molecule has 0 spiro atoms. The largest absolute Gasteiger partial charge is 0.465 e. The van der Waals surface area contributed by atoms with Crippen LogP contribution in [0.5, 0.6) is 0 Å². The second-order valence-corrected chi connectivity index (χ2v) is 7.65. The lowest BCUT2D eigenvalue weighted by Gasteiger charge is -2.19. The third kappa shape index (κ3) is 3.64. The number of carbonyl (C=O) groups is 1. The zero-order chi connectivity index (χ0) is 19.4. The van der Waals surface area contributed by atoms with Gasteiger partial charge in [-0.15, -0.1) is 0 Å². The van der Waals surface area contributed by atoms with E-state index < -0.39 is 16.0 Å². The second kappa shape index (κ2) is 7.51. The predicted molar refractivity (Wildman–Crippen MR) is 100 cm³/mol. The number of ether oxygens (including phenoxy) is 1. The molecule has 1 heterocycles. The molecule has 2 aromatic carbocycles. The first-order valence-electron chi connectivity index (χ1n) is 8.13. The number of nitrogens with zero attached hydrogens (tertiary/aromatic N) is 2. The van der Waals surface area contributed by atoms with Gasteiger partial charge in [0, 0.05) is 18.4 Å². The van der Waals surface area contributed by atoms with Crippen molar-refractivity contribution in [3.05, 3.63) is 65.9 Å². The van der Waals surface area contributed by atoms with Crippen LogP contribution in [0.1, 0.15) is 5.56 Å². The van der Waals surface area contributed by atoms with Crippen LogP contribution in [0.25, 0.3) is 0 Å². The fourth-order valence-corrected chi connectivity index (χ4v) is 4.31. The topological polar surface area (TPSA) is 99.5 Å². The number of para-hydroxylation sites is 1. The van der Waals surface area contributed by atoms with Gasteiger partial charge in [0.2, 0.25) is 0 Å². The Bertz CT molecular complexity index is 1040. The van der Waals surface area contributed by atoms with Crippen LogP contribution < -0.4 is 9.62 Å². The molecule has 8 heteroatoms. The van der Waals surface area contributed by atoms with Gasteiger partial charge in [-0.3, -0.25) is 4.31 Å². The van der Waals surface area contributed by atoms with E-state index in [1.807, 2.05) is 18.2 Å². The van der Waals surface area contributed by atoms with Crippen molar-refractivity contribution < 1.29 is 17.9 Å². The number of carbonyl (C=O) groups excluding carboxylic acids is 1. The maximum Gasteiger partial charge on any atom is 0.350 e. The van der Waals surface area contributed by atoms with E-state index in [0.29, 0.717) is 24.3 Å². The lowest BCUT2D eigenvalue weighted by molar-refractivity contribution is -0.135. The van der Waals surface area contributed by atoms with E-state index in [1.165, 1.54) is 29.7 Å². The molecule has 138 valence electrons. The summed E-state index contributed by atoms with van der Waals surface area (Å²) in [5, 5.41) is 11.7. The Morgan fingerprint density at radius 1 is 1.22 bits per heavy atom. The van der Waals surface area contributed by atoms with E-state index >= 15 is 0 Å². The molecule has 27 heavy (non-hydrogen) atoms. The smallest absolute Gasteiger partial charge is 0.350 e. The summed E-state index contributed by atoms with van der Waals surface area (Å²) in [6, 6.07) is 15.3. The van der Waals surface area contributed by atoms with Gasteiger partial charge in [0.1, 0.15) is 6.07 Å². The highest BCUT2D eigenvalue weighted by Gasteiger charge is 2.30. The van der Waals surface area contributed by atoms with Crippen molar-refractivity contribution in [3.63, 3.8) is 0 Å². The van der Waals surface area contributed by atoms with Crippen LogP contribution in [0, 0.1) is 11.3 Å². The van der Waals surface area contributed by atoms with Gasteiger partial charge in [-0.1, -0.05) is 18.2 Å². The normalized spacial score (nSPS) is 13.6. The summed E-state index contributed by atoms with van der Waals surface area (Å²) in [7, 11) is -2.47. The molecule has 1 aliphatic rings. The number of hydrogen-bond donors (Lipinski definition) is 1. The Morgan fingerprint density at radius 3 is 2.59 bits per heavy atom. The third-order valence-electron chi connectivity index (χ3n) is 4.20. The van der Waals surface area contributed by atoms with Crippen molar-refractivity contribution >= 4 is 27.4 Å². The van der Waals surface area contributed by atoms with Crippen LogP contribution in [0.2, 0.25) is 0 Å². The molecule has 0 aliphatic carbocycles. The third-order valence-corrected chi connectivity index (χ3v) is 6.02. The van der Waals surface area contributed by atoms with Gasteiger partial charge >= 0.3 is 5.97 Å². The molecule has 0 saturated heterocycles. The fraction of sp³-hybridized carbons (Fsp3) is 0.158. The van der Waals surface area contributed by atoms with Crippen molar-refractivity contribution in [1.29, 1.82) is 5.26 Å². The molecule has 0 amide bonds. The highest BCUT2D eigenvalue weighted by Crippen LogP contribution is 2.32.